The van der Waals surface area contributed by atoms with Crippen LogP contribution in [0.2, 0.25) is 0 Å². The molecule has 0 aromatic heterocycles. The Hall–Kier alpha value is -1.42. The van der Waals surface area contributed by atoms with E-state index in [-0.39, 0.29) is 17.9 Å². The van der Waals surface area contributed by atoms with Crippen molar-refractivity contribution in [2.75, 3.05) is 6.54 Å². The Morgan fingerprint density at radius 1 is 1.62 bits per heavy atom. The van der Waals surface area contributed by atoms with E-state index in [1.807, 2.05) is 0 Å². The van der Waals surface area contributed by atoms with Crippen LogP contribution >= 0.6 is 0 Å². The number of carbonyl (C=O) groups is 1. The Morgan fingerprint density at radius 2 is 2.23 bits per heavy atom. The molecule has 1 aromatic carbocycles. The van der Waals surface area contributed by atoms with E-state index < -0.39 is 11.6 Å². The van der Waals surface area contributed by atoms with Gasteiger partial charge in [0, 0.05) is 5.56 Å². The maximum absolute atomic E-state index is 12.7. The number of phenolic OH excluding ortho intramolecular Hbond substituents is 1. The molecule has 1 aromatic rings. The quantitative estimate of drug-likeness (QED) is 0.672. The van der Waals surface area contributed by atoms with E-state index in [2.05, 4.69) is 0 Å². The molecule has 0 atom stereocenters. The zero-order valence-electron chi connectivity index (χ0n) is 7.17. The summed E-state index contributed by atoms with van der Waals surface area (Å²) < 4.78 is 12.7. The molecular weight excluding hydrogens is 173 g/mol. The number of carbonyl (C=O) groups excluding carboxylic acids is 1. The highest BCUT2D eigenvalue weighted by atomic mass is 19.1. The molecule has 0 radical (unpaired) electrons. The highest BCUT2D eigenvalue weighted by Gasteiger charge is 2.11. The van der Waals surface area contributed by atoms with E-state index in [1.54, 1.807) is 6.92 Å². The van der Waals surface area contributed by atoms with Crippen molar-refractivity contribution in [1.82, 2.24) is 0 Å². The van der Waals surface area contributed by atoms with Gasteiger partial charge in [-0.1, -0.05) is 0 Å². The average molecular weight is 183 g/mol. The third kappa shape index (κ3) is 1.84. The maximum Gasteiger partial charge on any atom is 0.176 e. The predicted molar refractivity (Wildman–Crippen MR) is 46.2 cm³/mol. The van der Waals surface area contributed by atoms with Crippen LogP contribution in [0.25, 0.3) is 0 Å². The summed E-state index contributed by atoms with van der Waals surface area (Å²) in [5.41, 5.74) is 5.88. The average Bonchev–Trinajstić information content (AvgIpc) is 2.10. The molecule has 1 rings (SSSR count). The Balaban J connectivity index is 3.23. The first-order valence-corrected chi connectivity index (χ1v) is 3.78. The van der Waals surface area contributed by atoms with E-state index in [0.29, 0.717) is 5.56 Å². The van der Waals surface area contributed by atoms with Crippen LogP contribution in [-0.4, -0.2) is 17.4 Å². The summed E-state index contributed by atoms with van der Waals surface area (Å²) in [5.74, 6) is -1.57. The molecule has 0 amide bonds. The molecule has 3 nitrogen and oxygen atoms in total. The van der Waals surface area contributed by atoms with Crippen LogP contribution in [0.15, 0.2) is 12.1 Å². The summed E-state index contributed by atoms with van der Waals surface area (Å²) in [6, 6.07) is 2.21. The fourth-order valence-corrected chi connectivity index (χ4v) is 1.07. The van der Waals surface area contributed by atoms with Gasteiger partial charge >= 0.3 is 0 Å². The molecule has 0 saturated carbocycles. The van der Waals surface area contributed by atoms with Crippen LogP contribution in [0.5, 0.6) is 5.75 Å². The summed E-state index contributed by atoms with van der Waals surface area (Å²) in [6.45, 7) is 1.44. The molecule has 0 aliphatic rings. The Kier molecular flexibility index (Phi) is 2.63. The van der Waals surface area contributed by atoms with Crippen LogP contribution in [0.4, 0.5) is 4.39 Å². The number of benzene rings is 1. The molecule has 70 valence electrons. The first-order chi connectivity index (χ1) is 6.06. The van der Waals surface area contributed by atoms with Gasteiger partial charge in [-0.15, -0.1) is 0 Å². The van der Waals surface area contributed by atoms with Gasteiger partial charge in [0.25, 0.3) is 0 Å². The molecule has 13 heavy (non-hydrogen) atoms. The Morgan fingerprint density at radius 3 is 2.77 bits per heavy atom. The third-order valence-electron chi connectivity index (χ3n) is 1.78. The molecular formula is C9H10FNO2. The van der Waals surface area contributed by atoms with E-state index in [0.717, 1.165) is 12.1 Å². The highest BCUT2D eigenvalue weighted by molar-refractivity contribution is 5.99. The molecule has 0 heterocycles. The SMILES string of the molecule is Cc1cc(F)c(O)cc1C(=O)CN. The van der Waals surface area contributed by atoms with Crippen molar-refractivity contribution < 1.29 is 14.3 Å². The molecule has 4 heteroatoms. The second-order valence-corrected chi connectivity index (χ2v) is 2.75. The molecule has 0 aliphatic heterocycles. The number of ketones is 1. The van der Waals surface area contributed by atoms with Crippen LogP contribution in [0.3, 0.4) is 0 Å². The molecule has 0 aliphatic carbocycles. The fourth-order valence-electron chi connectivity index (χ4n) is 1.07. The summed E-state index contributed by atoms with van der Waals surface area (Å²) in [5, 5.41) is 9.00. The Bertz CT molecular complexity index is 350. The van der Waals surface area contributed by atoms with Crippen molar-refractivity contribution in [3.63, 3.8) is 0 Å². The number of hydrogen-bond donors (Lipinski definition) is 2. The summed E-state index contributed by atoms with van der Waals surface area (Å²) in [6.07, 6.45) is 0. The zero-order chi connectivity index (χ0) is 10.0. The summed E-state index contributed by atoms with van der Waals surface area (Å²) in [7, 11) is 0. The van der Waals surface area contributed by atoms with Crippen molar-refractivity contribution >= 4 is 5.78 Å². The first kappa shape index (κ1) is 9.67. The number of aryl methyl sites for hydroxylation is 1. The number of phenols is 1. The van der Waals surface area contributed by atoms with Crippen molar-refractivity contribution in [2.45, 2.75) is 6.92 Å². The maximum atomic E-state index is 12.7. The molecule has 3 N–H and O–H groups in total. The van der Waals surface area contributed by atoms with E-state index in [4.69, 9.17) is 10.8 Å². The van der Waals surface area contributed by atoms with Crippen molar-refractivity contribution in [2.24, 2.45) is 5.73 Å². The minimum atomic E-state index is -0.730. The van der Waals surface area contributed by atoms with Gasteiger partial charge in [-0.2, -0.15) is 0 Å². The van der Waals surface area contributed by atoms with Crippen LogP contribution in [0.1, 0.15) is 15.9 Å². The largest absolute Gasteiger partial charge is 0.505 e. The highest BCUT2D eigenvalue weighted by Crippen LogP contribution is 2.20. The minimum Gasteiger partial charge on any atom is -0.505 e. The molecule has 0 spiro atoms. The summed E-state index contributed by atoms with van der Waals surface area (Å²) in [4.78, 5) is 11.1. The smallest absolute Gasteiger partial charge is 0.176 e. The standard InChI is InChI=1S/C9H10FNO2/c1-5-2-7(10)8(12)3-6(5)9(13)4-11/h2-3,12H,4,11H2,1H3. The lowest BCUT2D eigenvalue weighted by Crippen LogP contribution is -2.14. The second kappa shape index (κ2) is 3.53. The number of aromatic hydroxyl groups is 1. The van der Waals surface area contributed by atoms with Crippen LogP contribution in [-0.2, 0) is 0 Å². The fraction of sp³-hybridized carbons (Fsp3) is 0.222. The predicted octanol–water partition coefficient (Wildman–Crippen LogP) is 0.981. The molecule has 0 fully saturated rings. The molecule has 0 unspecified atom stereocenters. The topological polar surface area (TPSA) is 63.3 Å². The second-order valence-electron chi connectivity index (χ2n) is 2.75. The minimum absolute atomic E-state index is 0.147. The normalized spacial score (nSPS) is 10.1. The number of hydrogen-bond acceptors (Lipinski definition) is 3. The molecule has 0 bridgehead atoms. The molecule has 0 saturated heterocycles. The van der Waals surface area contributed by atoms with E-state index in [1.165, 1.54) is 0 Å². The Labute approximate surface area is 75.0 Å². The first-order valence-electron chi connectivity index (χ1n) is 3.78. The number of nitrogens with two attached hydrogens (primary N) is 1. The van der Waals surface area contributed by atoms with Gasteiger partial charge in [-0.25, -0.2) is 4.39 Å². The number of Topliss-reactive ketones (excluding diaryl/α,β-unsaturated/α-hetero) is 1. The van der Waals surface area contributed by atoms with Crippen molar-refractivity contribution in [1.29, 1.82) is 0 Å². The van der Waals surface area contributed by atoms with Gasteiger partial charge in [-0.3, -0.25) is 4.79 Å². The van der Waals surface area contributed by atoms with E-state index >= 15 is 0 Å². The monoisotopic (exact) mass is 183 g/mol. The van der Waals surface area contributed by atoms with Gasteiger partial charge in [0.1, 0.15) is 0 Å². The van der Waals surface area contributed by atoms with Crippen LogP contribution in [0, 0.1) is 12.7 Å². The van der Waals surface area contributed by atoms with Crippen molar-refractivity contribution in [3.05, 3.63) is 29.1 Å². The third-order valence-corrected chi connectivity index (χ3v) is 1.78. The lowest BCUT2D eigenvalue weighted by molar-refractivity contribution is 0.100. The lowest BCUT2D eigenvalue weighted by atomic mass is 10.0. The van der Waals surface area contributed by atoms with E-state index in [9.17, 15) is 9.18 Å². The van der Waals surface area contributed by atoms with Crippen LogP contribution < -0.4 is 5.73 Å². The van der Waals surface area contributed by atoms with Gasteiger partial charge in [0.15, 0.2) is 17.3 Å². The van der Waals surface area contributed by atoms with Gasteiger partial charge in [0.05, 0.1) is 6.54 Å². The zero-order valence-corrected chi connectivity index (χ0v) is 7.17. The van der Waals surface area contributed by atoms with Gasteiger partial charge in [0.2, 0.25) is 0 Å². The van der Waals surface area contributed by atoms with Gasteiger partial charge in [-0.05, 0) is 24.6 Å². The van der Waals surface area contributed by atoms with Gasteiger partial charge < -0.3 is 10.8 Å². The number of halogens is 1. The lowest BCUT2D eigenvalue weighted by Gasteiger charge is -2.04. The number of rotatable bonds is 2. The van der Waals surface area contributed by atoms with Crippen molar-refractivity contribution in [3.8, 4) is 5.75 Å². The summed E-state index contributed by atoms with van der Waals surface area (Å²) >= 11 is 0.